The molecule has 7 nitrogen and oxygen atoms in total. The van der Waals surface area contributed by atoms with E-state index in [0.717, 1.165) is 16.7 Å². The number of anilines is 2. The lowest BCUT2D eigenvalue weighted by atomic mass is 10.2. The lowest BCUT2D eigenvalue weighted by molar-refractivity contribution is -0.385. The molecule has 0 bridgehead atoms. The number of nitrogens with one attached hydrogen (secondary N) is 1. The van der Waals surface area contributed by atoms with Gasteiger partial charge in [0.1, 0.15) is 17.6 Å². The number of pyridine rings is 1. The quantitative estimate of drug-likeness (QED) is 0.655. The molecule has 1 aromatic carbocycles. The minimum Gasteiger partial charge on any atom is -0.477 e. The Morgan fingerprint density at radius 1 is 1.40 bits per heavy atom. The summed E-state index contributed by atoms with van der Waals surface area (Å²) < 4.78 is 0.836. The standard InChI is InChI=1S/C12H8BrN3O4/c13-7-2-1-3-8(4-7)15-11-5-9(12(17)18)10(6-14-11)16(19)20/h1-6H,(H,14,15)(H,17,18). The van der Waals surface area contributed by atoms with Gasteiger partial charge in [0, 0.05) is 16.2 Å². The lowest BCUT2D eigenvalue weighted by Gasteiger charge is -2.06. The zero-order chi connectivity index (χ0) is 14.7. The van der Waals surface area contributed by atoms with Gasteiger partial charge in [-0.15, -0.1) is 0 Å². The number of hydrogen-bond acceptors (Lipinski definition) is 5. The van der Waals surface area contributed by atoms with Crippen molar-refractivity contribution in [2.24, 2.45) is 0 Å². The number of aromatic nitrogens is 1. The predicted octanol–water partition coefficient (Wildman–Crippen LogP) is 3.19. The van der Waals surface area contributed by atoms with Crippen molar-refractivity contribution in [3.63, 3.8) is 0 Å². The van der Waals surface area contributed by atoms with E-state index in [1.165, 1.54) is 0 Å². The van der Waals surface area contributed by atoms with Crippen molar-refractivity contribution in [2.75, 3.05) is 5.32 Å². The van der Waals surface area contributed by atoms with Crippen molar-refractivity contribution in [3.8, 4) is 0 Å². The summed E-state index contributed by atoms with van der Waals surface area (Å²) in [6.45, 7) is 0. The lowest BCUT2D eigenvalue weighted by Crippen LogP contribution is -2.05. The first-order valence-corrected chi connectivity index (χ1v) is 6.17. The molecule has 8 heteroatoms. The van der Waals surface area contributed by atoms with Gasteiger partial charge >= 0.3 is 11.7 Å². The monoisotopic (exact) mass is 337 g/mol. The van der Waals surface area contributed by atoms with Gasteiger partial charge < -0.3 is 10.4 Å². The summed E-state index contributed by atoms with van der Waals surface area (Å²) in [7, 11) is 0. The van der Waals surface area contributed by atoms with Crippen LogP contribution in [-0.2, 0) is 0 Å². The summed E-state index contributed by atoms with van der Waals surface area (Å²) in [5.41, 5.74) is -0.281. The Balaban J connectivity index is 2.36. The topological polar surface area (TPSA) is 105 Å². The second-order valence-corrected chi connectivity index (χ2v) is 4.70. The summed E-state index contributed by atoms with van der Waals surface area (Å²) in [5.74, 6) is -1.16. The molecule has 0 spiro atoms. The van der Waals surface area contributed by atoms with Crippen LogP contribution in [-0.4, -0.2) is 21.0 Å². The van der Waals surface area contributed by atoms with Crippen molar-refractivity contribution in [1.29, 1.82) is 0 Å². The van der Waals surface area contributed by atoms with Gasteiger partial charge in [0.05, 0.1) is 4.92 Å². The highest BCUT2D eigenvalue weighted by Gasteiger charge is 2.21. The molecule has 2 rings (SSSR count). The highest BCUT2D eigenvalue weighted by molar-refractivity contribution is 9.10. The van der Waals surface area contributed by atoms with Crippen LogP contribution in [0, 0.1) is 10.1 Å². The van der Waals surface area contributed by atoms with Gasteiger partial charge in [0.25, 0.3) is 0 Å². The first-order chi connectivity index (χ1) is 9.47. The summed E-state index contributed by atoms with van der Waals surface area (Å²) in [6.07, 6.45) is 0.920. The molecule has 20 heavy (non-hydrogen) atoms. The molecule has 102 valence electrons. The van der Waals surface area contributed by atoms with Gasteiger partial charge in [-0.2, -0.15) is 0 Å². The van der Waals surface area contributed by atoms with E-state index in [9.17, 15) is 14.9 Å². The first kappa shape index (κ1) is 13.9. The fourth-order valence-corrected chi connectivity index (χ4v) is 1.95. The van der Waals surface area contributed by atoms with E-state index in [1.807, 2.05) is 6.07 Å². The molecule has 1 heterocycles. The number of hydrogen-bond donors (Lipinski definition) is 2. The van der Waals surface area contributed by atoms with E-state index in [1.54, 1.807) is 18.2 Å². The molecular formula is C12H8BrN3O4. The zero-order valence-electron chi connectivity index (χ0n) is 9.91. The molecule has 0 amide bonds. The summed E-state index contributed by atoms with van der Waals surface area (Å²) in [5, 5.41) is 22.6. The summed E-state index contributed by atoms with van der Waals surface area (Å²) in [4.78, 5) is 24.8. The number of nitrogens with zero attached hydrogens (tertiary/aromatic N) is 2. The Kier molecular flexibility index (Phi) is 3.94. The van der Waals surface area contributed by atoms with Crippen LogP contribution in [0.2, 0.25) is 0 Å². The number of aromatic carboxylic acids is 1. The number of carboxylic acid groups (broad SMARTS) is 1. The average molecular weight is 338 g/mol. The normalized spacial score (nSPS) is 10.1. The van der Waals surface area contributed by atoms with Crippen LogP contribution in [0.1, 0.15) is 10.4 Å². The van der Waals surface area contributed by atoms with Crippen molar-refractivity contribution < 1.29 is 14.8 Å². The Morgan fingerprint density at radius 3 is 2.75 bits per heavy atom. The molecule has 0 aliphatic heterocycles. The zero-order valence-corrected chi connectivity index (χ0v) is 11.5. The molecule has 0 fully saturated rings. The number of carbonyl (C=O) groups is 1. The number of nitro groups is 1. The molecule has 0 unspecified atom stereocenters. The average Bonchev–Trinajstić information content (AvgIpc) is 2.38. The van der Waals surface area contributed by atoms with Gasteiger partial charge in [0.2, 0.25) is 0 Å². The van der Waals surface area contributed by atoms with Crippen LogP contribution in [0.15, 0.2) is 41.0 Å². The van der Waals surface area contributed by atoms with E-state index in [2.05, 4.69) is 26.2 Å². The maximum atomic E-state index is 11.0. The van der Waals surface area contributed by atoms with E-state index < -0.39 is 22.1 Å². The number of halogens is 1. The van der Waals surface area contributed by atoms with Crippen LogP contribution in [0.25, 0.3) is 0 Å². The second-order valence-electron chi connectivity index (χ2n) is 3.78. The highest BCUT2D eigenvalue weighted by Crippen LogP contribution is 2.23. The molecule has 2 N–H and O–H groups in total. The van der Waals surface area contributed by atoms with Gasteiger partial charge in [-0.25, -0.2) is 9.78 Å². The Hall–Kier alpha value is -2.48. The Labute approximate surface area is 121 Å². The number of rotatable bonds is 4. The van der Waals surface area contributed by atoms with Crippen molar-refractivity contribution in [3.05, 3.63) is 56.7 Å². The molecule has 0 aliphatic carbocycles. The van der Waals surface area contributed by atoms with Gasteiger partial charge in [-0.05, 0) is 18.2 Å². The molecule has 0 aliphatic rings. The maximum Gasteiger partial charge on any atom is 0.342 e. The minimum atomic E-state index is -1.38. The largest absolute Gasteiger partial charge is 0.477 e. The van der Waals surface area contributed by atoms with Gasteiger partial charge in [-0.3, -0.25) is 10.1 Å². The van der Waals surface area contributed by atoms with Gasteiger partial charge in [0.15, 0.2) is 0 Å². The van der Waals surface area contributed by atoms with Crippen molar-refractivity contribution >= 4 is 39.1 Å². The van der Waals surface area contributed by atoms with E-state index in [0.29, 0.717) is 5.69 Å². The van der Waals surface area contributed by atoms with Gasteiger partial charge in [-0.1, -0.05) is 22.0 Å². The second kappa shape index (κ2) is 5.66. The third-order valence-corrected chi connectivity index (χ3v) is 2.90. The summed E-state index contributed by atoms with van der Waals surface area (Å²) in [6, 6.07) is 8.27. The molecule has 0 atom stereocenters. The first-order valence-electron chi connectivity index (χ1n) is 5.37. The van der Waals surface area contributed by atoms with Crippen molar-refractivity contribution in [1.82, 2.24) is 4.98 Å². The van der Waals surface area contributed by atoms with E-state index >= 15 is 0 Å². The van der Waals surface area contributed by atoms with Crippen LogP contribution >= 0.6 is 15.9 Å². The third kappa shape index (κ3) is 3.09. The fraction of sp³-hybridized carbons (Fsp3) is 0. The van der Waals surface area contributed by atoms with E-state index in [-0.39, 0.29) is 5.82 Å². The smallest absolute Gasteiger partial charge is 0.342 e. The third-order valence-electron chi connectivity index (χ3n) is 2.41. The maximum absolute atomic E-state index is 11.0. The molecule has 0 radical (unpaired) electrons. The number of benzene rings is 1. The Morgan fingerprint density at radius 2 is 2.15 bits per heavy atom. The van der Waals surface area contributed by atoms with E-state index in [4.69, 9.17) is 5.11 Å². The van der Waals surface area contributed by atoms with Crippen LogP contribution < -0.4 is 5.32 Å². The SMILES string of the molecule is O=C(O)c1cc(Nc2cccc(Br)c2)ncc1[N+](=O)[O-]. The fourth-order valence-electron chi connectivity index (χ4n) is 1.55. The predicted molar refractivity (Wildman–Crippen MR) is 75.3 cm³/mol. The molecule has 1 aromatic heterocycles. The van der Waals surface area contributed by atoms with Crippen LogP contribution in [0.5, 0.6) is 0 Å². The van der Waals surface area contributed by atoms with Crippen LogP contribution in [0.3, 0.4) is 0 Å². The molecule has 2 aromatic rings. The molecule has 0 saturated carbocycles. The Bertz CT molecular complexity index is 690. The molecule has 0 saturated heterocycles. The highest BCUT2D eigenvalue weighted by atomic mass is 79.9. The number of carboxylic acids is 1. The molecular weight excluding hydrogens is 330 g/mol. The van der Waals surface area contributed by atoms with Crippen molar-refractivity contribution in [2.45, 2.75) is 0 Å². The summed E-state index contributed by atoms with van der Waals surface area (Å²) >= 11 is 3.30. The minimum absolute atomic E-state index is 0.214. The van der Waals surface area contributed by atoms with Crippen LogP contribution in [0.4, 0.5) is 17.2 Å².